The molecule has 2 aromatic rings. The van der Waals surface area contributed by atoms with Crippen molar-refractivity contribution in [3.05, 3.63) is 64.7 Å². The fourth-order valence-electron chi connectivity index (χ4n) is 2.01. The van der Waals surface area contributed by atoms with Crippen LogP contribution in [0.2, 0.25) is 0 Å². The lowest BCUT2D eigenvalue weighted by atomic mass is 10.2. The zero-order valence-electron chi connectivity index (χ0n) is 14.1. The Bertz CT molecular complexity index is 902. The molecule has 12 heteroatoms. The highest BCUT2D eigenvalue weighted by Gasteiger charge is 2.36. The van der Waals surface area contributed by atoms with Gasteiger partial charge in [-0.1, -0.05) is 18.2 Å². The number of non-ortho nitro benzene ring substituents is 1. The number of rotatable bonds is 10. The molecule has 0 aliphatic rings. The first-order valence-corrected chi connectivity index (χ1v) is 9.24. The van der Waals surface area contributed by atoms with E-state index in [9.17, 15) is 29.4 Å². The molecule has 0 radical (unpaired) electrons. The standard InChI is InChI=1S/C16H15N2O9P/c19-15(20)10-14(16(21)22)17-28(25,26-12-4-2-1-3-5-12)27-13-8-6-11(7-9-13)18(23)24/h1-9,14H,10H2,(H,17,25)(H,19,20)(H,21,22)/t14-,28?/m0/s1. The van der Waals surface area contributed by atoms with Crippen molar-refractivity contribution in [3.63, 3.8) is 0 Å². The third-order valence-electron chi connectivity index (χ3n) is 3.23. The van der Waals surface area contributed by atoms with E-state index in [-0.39, 0.29) is 17.2 Å². The van der Waals surface area contributed by atoms with Crippen LogP contribution in [0.4, 0.5) is 5.69 Å². The maximum Gasteiger partial charge on any atom is 0.513 e. The lowest BCUT2D eigenvalue weighted by Gasteiger charge is -2.23. The SMILES string of the molecule is O=C(O)C[C@H](NP(=O)(Oc1ccccc1)Oc1ccc([N+](=O)[O-])cc1)C(=O)O. The van der Waals surface area contributed by atoms with E-state index >= 15 is 0 Å². The Hall–Kier alpha value is -3.43. The van der Waals surface area contributed by atoms with E-state index in [1.54, 1.807) is 18.2 Å². The summed E-state index contributed by atoms with van der Waals surface area (Å²) in [5.41, 5.74) is -0.242. The van der Waals surface area contributed by atoms with Gasteiger partial charge in [-0.3, -0.25) is 19.7 Å². The summed E-state index contributed by atoms with van der Waals surface area (Å²) >= 11 is 0. The predicted octanol–water partition coefficient (Wildman–Crippen LogP) is 2.68. The molecule has 0 aromatic heterocycles. The van der Waals surface area contributed by atoms with E-state index in [1.807, 2.05) is 0 Å². The van der Waals surface area contributed by atoms with Gasteiger partial charge in [-0.05, 0) is 24.3 Å². The molecular weight excluding hydrogens is 395 g/mol. The number of para-hydroxylation sites is 1. The average molecular weight is 410 g/mol. The monoisotopic (exact) mass is 410 g/mol. The maximum atomic E-state index is 13.1. The second-order valence-corrected chi connectivity index (χ2v) is 6.98. The lowest BCUT2D eigenvalue weighted by Crippen LogP contribution is -2.38. The Kier molecular flexibility index (Phi) is 6.69. The van der Waals surface area contributed by atoms with Gasteiger partial charge in [0.05, 0.1) is 11.3 Å². The van der Waals surface area contributed by atoms with E-state index in [0.717, 1.165) is 24.3 Å². The van der Waals surface area contributed by atoms with Gasteiger partial charge in [-0.25, -0.2) is 4.57 Å². The summed E-state index contributed by atoms with van der Waals surface area (Å²) < 4.78 is 23.6. The molecule has 2 rings (SSSR count). The maximum absolute atomic E-state index is 13.1. The summed E-state index contributed by atoms with van der Waals surface area (Å²) in [6, 6.07) is 10.4. The van der Waals surface area contributed by atoms with Gasteiger partial charge in [0, 0.05) is 12.1 Å². The fraction of sp³-hybridized carbons (Fsp3) is 0.125. The van der Waals surface area contributed by atoms with E-state index in [0.29, 0.717) is 0 Å². The van der Waals surface area contributed by atoms with Crippen LogP contribution >= 0.6 is 7.75 Å². The number of aliphatic carboxylic acids is 2. The number of nitrogens with zero attached hydrogens (tertiary/aromatic N) is 1. The molecule has 0 saturated carbocycles. The fourth-order valence-corrected chi connectivity index (χ4v) is 3.54. The van der Waals surface area contributed by atoms with Crippen LogP contribution in [0.15, 0.2) is 54.6 Å². The second kappa shape index (κ2) is 8.98. The Morgan fingerprint density at radius 1 is 1.04 bits per heavy atom. The quantitative estimate of drug-likeness (QED) is 0.301. The Morgan fingerprint density at radius 2 is 1.57 bits per heavy atom. The molecule has 0 bridgehead atoms. The van der Waals surface area contributed by atoms with Crippen molar-refractivity contribution < 1.29 is 38.3 Å². The molecule has 148 valence electrons. The van der Waals surface area contributed by atoms with Gasteiger partial charge in [0.15, 0.2) is 0 Å². The van der Waals surface area contributed by atoms with Gasteiger partial charge >= 0.3 is 19.7 Å². The molecule has 0 saturated heterocycles. The summed E-state index contributed by atoms with van der Waals surface area (Å²) in [5.74, 6) is -3.07. The number of carboxylic acids is 2. The van der Waals surface area contributed by atoms with E-state index in [4.69, 9.17) is 14.2 Å². The summed E-state index contributed by atoms with van der Waals surface area (Å²) in [6.45, 7) is 0. The Labute approximate surface area is 158 Å². The number of carbonyl (C=O) groups is 2. The van der Waals surface area contributed by atoms with E-state index < -0.39 is 37.1 Å². The largest absolute Gasteiger partial charge is 0.513 e. The zero-order chi connectivity index (χ0) is 20.7. The molecule has 1 unspecified atom stereocenters. The highest BCUT2D eigenvalue weighted by Crippen LogP contribution is 2.45. The van der Waals surface area contributed by atoms with Gasteiger partial charge < -0.3 is 19.3 Å². The van der Waals surface area contributed by atoms with Gasteiger partial charge in [-0.2, -0.15) is 5.09 Å². The number of hydrogen-bond donors (Lipinski definition) is 3. The predicted molar refractivity (Wildman–Crippen MR) is 95.2 cm³/mol. The molecule has 11 nitrogen and oxygen atoms in total. The first-order chi connectivity index (χ1) is 13.2. The van der Waals surface area contributed by atoms with Crippen LogP contribution in [0.5, 0.6) is 11.5 Å². The van der Waals surface area contributed by atoms with E-state index in [1.165, 1.54) is 12.1 Å². The topological polar surface area (TPSA) is 165 Å². The minimum absolute atomic E-state index is 0.0692. The smallest absolute Gasteiger partial charge is 0.481 e. The number of benzene rings is 2. The number of hydrogen-bond acceptors (Lipinski definition) is 7. The second-order valence-electron chi connectivity index (χ2n) is 5.36. The first-order valence-electron chi connectivity index (χ1n) is 7.69. The summed E-state index contributed by atoms with van der Waals surface area (Å²) in [7, 11) is -4.43. The third-order valence-corrected chi connectivity index (χ3v) is 4.76. The third kappa shape index (κ3) is 6.08. The number of carboxylic acid groups (broad SMARTS) is 2. The van der Waals surface area contributed by atoms with Crippen molar-refractivity contribution >= 4 is 25.4 Å². The molecule has 0 amide bonds. The van der Waals surface area contributed by atoms with Crippen molar-refractivity contribution in [2.45, 2.75) is 12.5 Å². The van der Waals surface area contributed by atoms with Crippen molar-refractivity contribution in [2.24, 2.45) is 0 Å². The van der Waals surface area contributed by atoms with Crippen LogP contribution in [0, 0.1) is 10.1 Å². The minimum atomic E-state index is -4.43. The molecule has 2 atom stereocenters. The Morgan fingerprint density at radius 3 is 2.04 bits per heavy atom. The van der Waals surface area contributed by atoms with Crippen molar-refractivity contribution in [1.82, 2.24) is 5.09 Å². The molecule has 0 aliphatic heterocycles. The first kappa shape index (κ1) is 20.9. The molecule has 2 aromatic carbocycles. The van der Waals surface area contributed by atoms with Crippen LogP contribution in [0.3, 0.4) is 0 Å². The highest BCUT2D eigenvalue weighted by molar-refractivity contribution is 7.52. The number of nitro benzene ring substituents is 1. The van der Waals surface area contributed by atoms with Gasteiger partial charge in [-0.15, -0.1) is 0 Å². The molecular formula is C16H15N2O9P. The Balaban J connectivity index is 2.31. The minimum Gasteiger partial charge on any atom is -0.481 e. The van der Waals surface area contributed by atoms with Crippen LogP contribution in [-0.4, -0.2) is 33.1 Å². The van der Waals surface area contributed by atoms with Crippen LogP contribution in [-0.2, 0) is 14.2 Å². The summed E-state index contributed by atoms with van der Waals surface area (Å²) in [6.07, 6.45) is -0.888. The van der Waals surface area contributed by atoms with Crippen molar-refractivity contribution in [3.8, 4) is 11.5 Å². The molecule has 0 aliphatic carbocycles. The molecule has 0 fully saturated rings. The highest BCUT2D eigenvalue weighted by atomic mass is 31.2. The molecule has 3 N–H and O–H groups in total. The zero-order valence-corrected chi connectivity index (χ0v) is 15.0. The molecule has 28 heavy (non-hydrogen) atoms. The summed E-state index contributed by atoms with van der Waals surface area (Å²) in [4.78, 5) is 32.3. The van der Waals surface area contributed by atoms with E-state index in [2.05, 4.69) is 5.09 Å². The van der Waals surface area contributed by atoms with Crippen molar-refractivity contribution in [2.75, 3.05) is 0 Å². The van der Waals surface area contributed by atoms with Crippen LogP contribution in [0.25, 0.3) is 0 Å². The van der Waals surface area contributed by atoms with Gasteiger partial charge in [0.1, 0.15) is 17.5 Å². The molecule has 0 heterocycles. The van der Waals surface area contributed by atoms with Crippen LogP contribution in [0.1, 0.15) is 6.42 Å². The number of nitrogens with one attached hydrogen (secondary N) is 1. The van der Waals surface area contributed by atoms with Gasteiger partial charge in [0.25, 0.3) is 5.69 Å². The lowest BCUT2D eigenvalue weighted by molar-refractivity contribution is -0.384. The van der Waals surface area contributed by atoms with Crippen LogP contribution < -0.4 is 14.1 Å². The average Bonchev–Trinajstić information content (AvgIpc) is 2.61. The van der Waals surface area contributed by atoms with Gasteiger partial charge in [0.2, 0.25) is 0 Å². The normalized spacial score (nSPS) is 13.7. The summed E-state index contributed by atoms with van der Waals surface area (Å²) in [5, 5.41) is 30.8. The van der Waals surface area contributed by atoms with Crippen molar-refractivity contribution in [1.29, 1.82) is 0 Å². The number of nitro groups is 1. The molecule has 0 spiro atoms.